The maximum Gasteiger partial charge on any atom is 0.347 e. The highest BCUT2D eigenvalue weighted by Gasteiger charge is 2.37. The van der Waals surface area contributed by atoms with E-state index in [9.17, 15) is 9.59 Å². The van der Waals surface area contributed by atoms with Gasteiger partial charge in [0.2, 0.25) is 11.7 Å². The van der Waals surface area contributed by atoms with E-state index in [-0.39, 0.29) is 23.8 Å². The van der Waals surface area contributed by atoms with E-state index in [1.807, 2.05) is 37.3 Å². The second kappa shape index (κ2) is 11.5. The molecule has 38 heavy (non-hydrogen) atoms. The van der Waals surface area contributed by atoms with Crippen LogP contribution in [0.4, 0.5) is 5.69 Å². The highest BCUT2D eigenvalue weighted by atomic mass is 16.5. The van der Waals surface area contributed by atoms with E-state index >= 15 is 0 Å². The van der Waals surface area contributed by atoms with Crippen LogP contribution < -0.4 is 10.1 Å². The second-order valence-corrected chi connectivity index (χ2v) is 8.91. The van der Waals surface area contributed by atoms with Crippen LogP contribution in [0.3, 0.4) is 0 Å². The third kappa shape index (κ3) is 5.56. The highest BCUT2D eigenvalue weighted by molar-refractivity contribution is 6.26. The summed E-state index contributed by atoms with van der Waals surface area (Å²) >= 11 is 0. The van der Waals surface area contributed by atoms with Gasteiger partial charge in [-0.15, -0.1) is 0 Å². The number of benzene rings is 1. The molecule has 2 aromatic heterocycles. The van der Waals surface area contributed by atoms with Crippen LogP contribution in [-0.2, 0) is 23.8 Å². The molecule has 0 radical (unpaired) electrons. The zero-order chi connectivity index (χ0) is 26.5. The summed E-state index contributed by atoms with van der Waals surface area (Å²) in [6.07, 6.45) is 5.01. The Morgan fingerprint density at radius 3 is 2.89 bits per heavy atom. The van der Waals surface area contributed by atoms with Crippen molar-refractivity contribution in [2.45, 2.75) is 13.8 Å². The van der Waals surface area contributed by atoms with Crippen molar-refractivity contribution in [3.05, 3.63) is 71.1 Å². The number of Topliss-reactive ketones (excluding diaryl/α,β-unsaturated/α-hetero) is 1. The van der Waals surface area contributed by atoms with Gasteiger partial charge in [-0.25, -0.2) is 9.78 Å². The Hall–Kier alpha value is -4.15. The van der Waals surface area contributed by atoms with Crippen LogP contribution in [0.25, 0.3) is 17.1 Å². The molecule has 0 bridgehead atoms. The number of morpholine rings is 1. The van der Waals surface area contributed by atoms with Gasteiger partial charge in [0.05, 0.1) is 19.8 Å². The molecule has 1 aromatic carbocycles. The molecule has 2 N–H and O–H groups in total. The Morgan fingerprint density at radius 2 is 2.11 bits per heavy atom. The summed E-state index contributed by atoms with van der Waals surface area (Å²) in [7, 11) is 0. The number of carbonyl (C=O) groups is 2. The van der Waals surface area contributed by atoms with Gasteiger partial charge in [0.25, 0.3) is 0 Å². The number of ketones is 1. The SMILES string of the molecule is CCOC(=O)C1=C(Nc2ccc(OCCN3CCOCC3)cc2C)O/C(=C\c2c[nH]c3ncccc23)C1=O. The molecule has 2 aliphatic heterocycles. The van der Waals surface area contributed by atoms with Crippen molar-refractivity contribution in [1.29, 1.82) is 0 Å². The monoisotopic (exact) mass is 518 g/mol. The lowest BCUT2D eigenvalue weighted by Crippen LogP contribution is -2.38. The van der Waals surface area contributed by atoms with Gasteiger partial charge in [0.1, 0.15) is 18.0 Å². The number of esters is 1. The number of allylic oxidation sites excluding steroid dienone is 1. The van der Waals surface area contributed by atoms with Gasteiger partial charge >= 0.3 is 5.97 Å². The smallest absolute Gasteiger partial charge is 0.347 e. The molecule has 3 aromatic rings. The molecule has 0 saturated carbocycles. The first-order chi connectivity index (χ1) is 18.5. The zero-order valence-electron chi connectivity index (χ0n) is 21.4. The Morgan fingerprint density at radius 1 is 1.26 bits per heavy atom. The van der Waals surface area contributed by atoms with Gasteiger partial charge in [-0.05, 0) is 55.8 Å². The average Bonchev–Trinajstić information content (AvgIpc) is 3.47. The molecule has 198 valence electrons. The van der Waals surface area contributed by atoms with Crippen LogP contribution in [0.15, 0.2) is 59.9 Å². The van der Waals surface area contributed by atoms with E-state index in [4.69, 9.17) is 18.9 Å². The predicted octanol–water partition coefficient (Wildman–Crippen LogP) is 3.41. The number of rotatable bonds is 9. The van der Waals surface area contributed by atoms with Gasteiger partial charge in [0.15, 0.2) is 11.3 Å². The van der Waals surface area contributed by atoms with Gasteiger partial charge in [-0.3, -0.25) is 9.69 Å². The van der Waals surface area contributed by atoms with Gasteiger partial charge in [-0.1, -0.05) is 0 Å². The van der Waals surface area contributed by atoms with Crippen molar-refractivity contribution >= 4 is 34.5 Å². The number of H-pyrrole nitrogens is 1. The van der Waals surface area contributed by atoms with Crippen molar-refractivity contribution < 1.29 is 28.5 Å². The topological polar surface area (TPSA) is 115 Å². The summed E-state index contributed by atoms with van der Waals surface area (Å²) in [6, 6.07) is 9.27. The molecule has 1 saturated heterocycles. The fourth-order valence-corrected chi connectivity index (χ4v) is 4.35. The number of fused-ring (bicyclic) bond motifs is 1. The number of nitrogens with zero attached hydrogens (tertiary/aromatic N) is 2. The van der Waals surface area contributed by atoms with Crippen molar-refractivity contribution in [2.24, 2.45) is 0 Å². The first-order valence-corrected chi connectivity index (χ1v) is 12.6. The van der Waals surface area contributed by atoms with Crippen molar-refractivity contribution in [3.63, 3.8) is 0 Å². The third-order valence-electron chi connectivity index (χ3n) is 6.37. The molecule has 0 spiro atoms. The van der Waals surface area contributed by atoms with Crippen LogP contribution >= 0.6 is 0 Å². The van der Waals surface area contributed by atoms with E-state index in [0.29, 0.717) is 17.9 Å². The van der Waals surface area contributed by atoms with Gasteiger partial charge in [-0.2, -0.15) is 0 Å². The summed E-state index contributed by atoms with van der Waals surface area (Å²) in [5.41, 5.74) is 2.76. The molecule has 4 heterocycles. The van der Waals surface area contributed by atoms with E-state index in [2.05, 4.69) is 20.2 Å². The van der Waals surface area contributed by atoms with Crippen LogP contribution in [0, 0.1) is 6.92 Å². The maximum atomic E-state index is 13.2. The number of pyridine rings is 1. The number of aromatic nitrogens is 2. The number of hydrogen-bond acceptors (Lipinski definition) is 9. The lowest BCUT2D eigenvalue weighted by molar-refractivity contribution is -0.139. The van der Waals surface area contributed by atoms with Crippen LogP contribution in [-0.4, -0.2) is 72.7 Å². The van der Waals surface area contributed by atoms with Gasteiger partial charge < -0.3 is 29.2 Å². The summed E-state index contributed by atoms with van der Waals surface area (Å²) in [6.45, 7) is 8.46. The summed E-state index contributed by atoms with van der Waals surface area (Å²) < 4.78 is 22.4. The largest absolute Gasteiger partial charge is 0.492 e. The molecule has 1 fully saturated rings. The summed E-state index contributed by atoms with van der Waals surface area (Å²) in [5.74, 6) is -0.518. The zero-order valence-corrected chi connectivity index (χ0v) is 21.4. The molecule has 0 atom stereocenters. The van der Waals surface area contributed by atoms with E-state index in [1.54, 1.807) is 25.4 Å². The minimum atomic E-state index is -0.746. The quantitative estimate of drug-likeness (QED) is 0.250. The Kier molecular flexibility index (Phi) is 7.71. The number of carbonyl (C=O) groups excluding carboxylic acids is 2. The molecule has 5 rings (SSSR count). The number of aromatic amines is 1. The third-order valence-corrected chi connectivity index (χ3v) is 6.37. The Balaban J connectivity index is 1.32. The molecular weight excluding hydrogens is 488 g/mol. The van der Waals surface area contributed by atoms with E-state index in [0.717, 1.165) is 55.1 Å². The van der Waals surface area contributed by atoms with Crippen LogP contribution in [0.1, 0.15) is 18.1 Å². The summed E-state index contributed by atoms with van der Waals surface area (Å²) in [4.78, 5) is 35.6. The number of hydrogen-bond donors (Lipinski definition) is 2. The van der Waals surface area contributed by atoms with Crippen molar-refractivity contribution in [1.82, 2.24) is 14.9 Å². The molecule has 2 aliphatic rings. The lowest BCUT2D eigenvalue weighted by atomic mass is 10.1. The molecule has 0 amide bonds. The Bertz CT molecular complexity index is 1400. The van der Waals surface area contributed by atoms with Crippen LogP contribution in [0.5, 0.6) is 5.75 Å². The molecule has 0 unspecified atom stereocenters. The molecule has 0 aliphatic carbocycles. The number of ether oxygens (including phenoxy) is 4. The van der Waals surface area contributed by atoms with E-state index < -0.39 is 11.8 Å². The van der Waals surface area contributed by atoms with Crippen molar-refractivity contribution in [2.75, 3.05) is 51.4 Å². The predicted molar refractivity (Wildman–Crippen MR) is 141 cm³/mol. The fourth-order valence-electron chi connectivity index (χ4n) is 4.35. The van der Waals surface area contributed by atoms with Gasteiger partial charge in [0, 0.05) is 48.7 Å². The lowest BCUT2D eigenvalue weighted by Gasteiger charge is -2.26. The minimum Gasteiger partial charge on any atom is -0.492 e. The molecule has 10 nitrogen and oxygen atoms in total. The minimum absolute atomic E-state index is 0.0148. The first kappa shape index (κ1) is 25.5. The maximum absolute atomic E-state index is 13.2. The normalized spacial score (nSPS) is 17.2. The first-order valence-electron chi connectivity index (χ1n) is 12.6. The highest BCUT2D eigenvalue weighted by Crippen LogP contribution is 2.32. The molecular formula is C28H30N4O6. The number of nitrogens with one attached hydrogen (secondary N) is 2. The number of aryl methyl sites for hydroxylation is 1. The summed E-state index contributed by atoms with van der Waals surface area (Å²) in [5, 5.41) is 3.94. The van der Waals surface area contributed by atoms with Crippen molar-refractivity contribution in [3.8, 4) is 5.75 Å². The second-order valence-electron chi connectivity index (χ2n) is 8.91. The average molecular weight is 519 g/mol. The number of anilines is 1. The molecule has 10 heteroatoms. The van der Waals surface area contributed by atoms with E-state index in [1.165, 1.54) is 0 Å². The van der Waals surface area contributed by atoms with Crippen LogP contribution in [0.2, 0.25) is 0 Å². The fraction of sp³-hybridized carbons (Fsp3) is 0.321. The Labute approximate surface area is 220 Å². The standard InChI is InChI=1S/C28H30N4O6/c1-3-36-28(34)24-25(33)23(16-19-17-30-26-21(19)5-4-8-29-26)38-27(24)31-22-7-6-20(15-18(22)2)37-14-11-32-9-12-35-13-10-32/h4-8,15-17,31H,3,9-14H2,1-2H3,(H,29,30)/b23-16-.